The summed E-state index contributed by atoms with van der Waals surface area (Å²) < 4.78 is 66.3. The number of thioether (sulfide) groups is 1. The van der Waals surface area contributed by atoms with Crippen LogP contribution < -0.4 is 0 Å². The molecule has 0 unspecified atom stereocenters. The van der Waals surface area contributed by atoms with Crippen molar-refractivity contribution in [2.24, 2.45) is 23.7 Å². The van der Waals surface area contributed by atoms with Crippen LogP contribution in [0.5, 0.6) is 0 Å². The molecule has 4 aliphatic rings. The molecule has 1 aromatic carbocycles. The van der Waals surface area contributed by atoms with Gasteiger partial charge in [-0.25, -0.2) is 9.07 Å². The van der Waals surface area contributed by atoms with Crippen LogP contribution in [0.25, 0.3) is 0 Å². The SMILES string of the molecule is CC[C@H]1OC(=O)[C@H](C)[C@@H](O[C@H]2C[C@@](C)(OC)[C@@H](O)[C@H](C)O2)[C@H](C)[C@@H](O[C@@H]2O[C@H](C)C[C@H](N(C)CCc3cn([C@H](CF)[C@H](OC)c4ccc(SCC5CCOCC5)cc4)nn3)[C@H]2O)[C@](C)(O)C[C@@H](C)CN(C)[C@H](C)[C@@H](O)[C@]1(C)O. The smallest absolute Gasteiger partial charge is 0.311 e. The third-order valence-corrected chi connectivity index (χ3v) is 18.8. The molecular weight excluding hydrogens is 1030 g/mol. The third-order valence-electron chi connectivity index (χ3n) is 17.5. The van der Waals surface area contributed by atoms with E-state index in [0.29, 0.717) is 37.5 Å². The molecule has 0 amide bonds. The number of cyclic esters (lactones) is 1. The molecule has 4 aliphatic heterocycles. The highest BCUT2D eigenvalue weighted by atomic mass is 32.2. The maximum absolute atomic E-state index is 15.0. The number of ether oxygens (including phenoxy) is 8. The van der Waals surface area contributed by atoms with E-state index in [9.17, 15) is 34.7 Å². The lowest BCUT2D eigenvalue weighted by Gasteiger charge is -2.49. The summed E-state index contributed by atoms with van der Waals surface area (Å²) in [5, 5.41) is 68.8. The van der Waals surface area contributed by atoms with Crippen molar-refractivity contribution in [3.05, 3.63) is 41.7 Å². The van der Waals surface area contributed by atoms with E-state index < -0.39 is 127 Å². The molecule has 21 heteroatoms. The number of carbonyl (C=O) groups is 1. The molecule has 19 nitrogen and oxygen atoms in total. The normalized spacial score (nSPS) is 39.3. The number of esters is 1. The van der Waals surface area contributed by atoms with Gasteiger partial charge in [0.05, 0.1) is 47.2 Å². The quantitative estimate of drug-likeness (QED) is 0.0914. The number of aliphatic hydroxyl groups excluding tert-OH is 3. The Bertz CT molecular complexity index is 2140. The van der Waals surface area contributed by atoms with E-state index in [2.05, 4.69) is 22.4 Å². The first-order chi connectivity index (χ1) is 36.8. The first-order valence-corrected chi connectivity index (χ1v) is 29.3. The number of halogens is 1. The van der Waals surface area contributed by atoms with Crippen LogP contribution in [0.3, 0.4) is 0 Å². The average molecular weight is 1130 g/mol. The van der Waals surface area contributed by atoms with E-state index in [1.807, 2.05) is 61.6 Å². The van der Waals surface area contributed by atoms with Gasteiger partial charge in [0, 0.05) is 88.2 Å². The number of hydrogen-bond donors (Lipinski definition) is 5. The highest BCUT2D eigenvalue weighted by Gasteiger charge is 2.53. The van der Waals surface area contributed by atoms with Crippen molar-refractivity contribution < 1.29 is 72.6 Å². The Morgan fingerprint density at radius 3 is 2.27 bits per heavy atom. The molecule has 4 saturated heterocycles. The minimum absolute atomic E-state index is 0.0868. The van der Waals surface area contributed by atoms with E-state index in [1.54, 1.807) is 61.8 Å². The summed E-state index contributed by atoms with van der Waals surface area (Å²) in [5.41, 5.74) is -3.12. The summed E-state index contributed by atoms with van der Waals surface area (Å²) >= 11 is 1.82. The van der Waals surface area contributed by atoms with Gasteiger partial charge < -0.3 is 73.2 Å². The van der Waals surface area contributed by atoms with Crippen molar-refractivity contribution in [3.8, 4) is 0 Å². The van der Waals surface area contributed by atoms with Gasteiger partial charge in [-0.2, -0.15) is 0 Å². The van der Waals surface area contributed by atoms with Crippen molar-refractivity contribution in [2.75, 3.05) is 67.0 Å². The van der Waals surface area contributed by atoms with E-state index in [-0.39, 0.29) is 25.2 Å². The van der Waals surface area contributed by atoms with Crippen molar-refractivity contribution in [1.29, 1.82) is 0 Å². The summed E-state index contributed by atoms with van der Waals surface area (Å²) in [6, 6.07) is 6.25. The van der Waals surface area contributed by atoms with Crippen molar-refractivity contribution >= 4 is 17.7 Å². The zero-order valence-corrected chi connectivity index (χ0v) is 49.7. The first-order valence-electron chi connectivity index (χ1n) is 28.4. The highest BCUT2D eigenvalue weighted by Crippen LogP contribution is 2.41. The van der Waals surface area contributed by atoms with E-state index in [1.165, 1.54) is 18.7 Å². The van der Waals surface area contributed by atoms with Crippen LogP contribution in [0.15, 0.2) is 35.4 Å². The van der Waals surface area contributed by atoms with Crippen molar-refractivity contribution in [2.45, 2.75) is 222 Å². The molecule has 6 rings (SSSR count). The predicted octanol–water partition coefficient (Wildman–Crippen LogP) is 5.52. The fourth-order valence-electron chi connectivity index (χ4n) is 12.4. The Labute approximate surface area is 467 Å². The van der Waals surface area contributed by atoms with Crippen LogP contribution in [0.4, 0.5) is 4.39 Å². The average Bonchev–Trinajstić information content (AvgIpc) is 3.91. The molecule has 0 saturated carbocycles. The zero-order valence-electron chi connectivity index (χ0n) is 48.9. The van der Waals surface area contributed by atoms with Gasteiger partial charge in [0.15, 0.2) is 12.6 Å². The topological polar surface area (TPSA) is 229 Å². The molecule has 78 heavy (non-hydrogen) atoms. The van der Waals surface area contributed by atoms with Gasteiger partial charge >= 0.3 is 5.97 Å². The Morgan fingerprint density at radius 2 is 1.64 bits per heavy atom. The lowest BCUT2D eigenvalue weighted by atomic mass is 9.77. The first kappa shape index (κ1) is 64.7. The van der Waals surface area contributed by atoms with Crippen LogP contribution in [0.1, 0.15) is 131 Å². The summed E-state index contributed by atoms with van der Waals surface area (Å²) in [6.07, 6.45) is -5.71. The molecule has 2 aromatic rings. The summed E-state index contributed by atoms with van der Waals surface area (Å²) in [5.74, 6) is -1.21. The second-order valence-electron chi connectivity index (χ2n) is 23.9. The second kappa shape index (κ2) is 28.2. The number of alkyl halides is 1. The molecular formula is C57H96FN5O14S. The molecule has 0 bridgehead atoms. The van der Waals surface area contributed by atoms with Gasteiger partial charge in [0.2, 0.25) is 0 Å². The van der Waals surface area contributed by atoms with Crippen LogP contribution in [0.2, 0.25) is 0 Å². The highest BCUT2D eigenvalue weighted by molar-refractivity contribution is 7.99. The number of rotatable bonds is 18. The molecule has 0 spiro atoms. The fraction of sp³-hybridized carbons (Fsp3) is 0.842. The van der Waals surface area contributed by atoms with Crippen molar-refractivity contribution in [3.63, 3.8) is 0 Å². The molecule has 5 heterocycles. The standard InChI is InChI=1S/C57H96FN5O14S/c1-15-45-57(10,69)50(65)37(6)62(12)30-33(2)27-55(8,68)52(35(4)48(36(5)53(67)75-45)76-46-28-56(9,71-14)51(66)38(7)74-46)77-54-47(64)43(26-34(3)73-54)61(11)23-20-41-31-63(60-59-41)44(29-58)49(70-13)40-16-18-42(19-17-40)78-32-39-21-24-72-25-22-39/h16-19,31,33-39,43-52,54,64-66,68-69H,15,20-30,32H2,1-14H3/t33-,34-,35+,36-,37-,38+,43+,44-,45-,46+,47-,48+,49-,50-,51+,52-,54+,55-,56-,57-/m1/s1. The predicted molar refractivity (Wildman–Crippen MR) is 292 cm³/mol. The van der Waals surface area contributed by atoms with Gasteiger partial charge in [-0.1, -0.05) is 38.1 Å². The largest absolute Gasteiger partial charge is 0.459 e. The number of carbonyl (C=O) groups excluding carboxylic acids is 1. The molecule has 5 N–H and O–H groups in total. The number of methoxy groups -OCH3 is 2. The van der Waals surface area contributed by atoms with Gasteiger partial charge in [-0.05, 0) is 124 Å². The third kappa shape index (κ3) is 15.6. The van der Waals surface area contributed by atoms with Gasteiger partial charge in [-0.15, -0.1) is 16.9 Å². The van der Waals surface area contributed by atoms with Crippen LogP contribution >= 0.6 is 11.8 Å². The number of benzene rings is 1. The number of hydrogen-bond acceptors (Lipinski definition) is 19. The second-order valence-corrected chi connectivity index (χ2v) is 25.0. The molecule has 1 aromatic heterocycles. The summed E-state index contributed by atoms with van der Waals surface area (Å²) in [4.78, 5) is 19.6. The minimum atomic E-state index is -1.85. The molecule has 20 atom stereocenters. The zero-order chi connectivity index (χ0) is 57.4. The Balaban J connectivity index is 1.22. The molecule has 0 radical (unpaired) electrons. The lowest BCUT2D eigenvalue weighted by molar-refractivity contribution is -0.318. The van der Waals surface area contributed by atoms with Crippen LogP contribution in [-0.2, 0) is 49.1 Å². The number of aliphatic hydroxyl groups is 5. The van der Waals surface area contributed by atoms with Crippen LogP contribution in [-0.4, -0.2) is 214 Å². The lowest BCUT2D eigenvalue weighted by Crippen LogP contribution is -2.61. The minimum Gasteiger partial charge on any atom is -0.459 e. The van der Waals surface area contributed by atoms with Crippen molar-refractivity contribution in [1.82, 2.24) is 24.8 Å². The summed E-state index contributed by atoms with van der Waals surface area (Å²) in [7, 11) is 6.80. The van der Waals surface area contributed by atoms with E-state index >= 15 is 0 Å². The summed E-state index contributed by atoms with van der Waals surface area (Å²) in [6.45, 7) is 19.2. The van der Waals surface area contributed by atoms with Gasteiger partial charge in [0.25, 0.3) is 0 Å². The Morgan fingerprint density at radius 1 is 0.962 bits per heavy atom. The molecule has 0 aliphatic carbocycles. The van der Waals surface area contributed by atoms with Gasteiger partial charge in [-0.3, -0.25) is 4.79 Å². The van der Waals surface area contributed by atoms with E-state index in [4.69, 9.17) is 37.9 Å². The van der Waals surface area contributed by atoms with Gasteiger partial charge in [0.1, 0.15) is 48.8 Å². The number of nitrogens with zero attached hydrogens (tertiary/aromatic N) is 5. The molecule has 446 valence electrons. The number of aromatic nitrogens is 3. The maximum Gasteiger partial charge on any atom is 0.311 e. The van der Waals surface area contributed by atoms with E-state index in [0.717, 1.165) is 42.3 Å². The maximum atomic E-state index is 15.0. The Kier molecular flexibility index (Phi) is 23.4. The monoisotopic (exact) mass is 1130 g/mol. The van der Waals surface area contributed by atoms with Crippen LogP contribution in [0, 0.1) is 23.7 Å². The number of likely N-dealkylation sites (N-methyl/N-ethyl adjacent to an activating group) is 2. The Hall–Kier alpha value is -2.45. The fourth-order valence-corrected chi connectivity index (χ4v) is 13.5. The molecule has 4 fully saturated rings.